The van der Waals surface area contributed by atoms with Gasteiger partial charge >= 0.3 is 0 Å². The monoisotopic (exact) mass is 239 g/mol. The summed E-state index contributed by atoms with van der Waals surface area (Å²) in [5.74, 6) is 0.237. The molecule has 3 rings (SSSR count). The molecule has 1 heterocycles. The van der Waals surface area contributed by atoms with Crippen molar-refractivity contribution in [3.05, 3.63) is 71.3 Å². The van der Waals surface area contributed by atoms with Crippen LogP contribution in [0.5, 0.6) is 0 Å². The van der Waals surface area contributed by atoms with Crippen LogP contribution in [0, 0.1) is 0 Å². The molecule has 0 saturated heterocycles. The van der Waals surface area contributed by atoms with Crippen LogP contribution in [0.3, 0.4) is 0 Å². The van der Waals surface area contributed by atoms with Gasteiger partial charge in [-0.3, -0.25) is 0 Å². The average molecular weight is 239 g/mol. The summed E-state index contributed by atoms with van der Waals surface area (Å²) in [6.45, 7) is 0.999. The van der Waals surface area contributed by atoms with Crippen LogP contribution < -0.4 is 5.32 Å². The van der Waals surface area contributed by atoms with Crippen molar-refractivity contribution in [1.29, 1.82) is 0 Å². The Labute approximate surface area is 107 Å². The van der Waals surface area contributed by atoms with E-state index in [1.54, 1.807) is 0 Å². The Morgan fingerprint density at radius 1 is 1.00 bits per heavy atom. The predicted molar refractivity (Wildman–Crippen MR) is 72.4 cm³/mol. The van der Waals surface area contributed by atoms with Gasteiger partial charge in [0.1, 0.15) is 0 Å². The van der Waals surface area contributed by atoms with Crippen LogP contribution >= 0.6 is 0 Å². The normalized spacial score (nSPS) is 22.5. The van der Waals surface area contributed by atoms with Crippen molar-refractivity contribution in [3.8, 4) is 0 Å². The van der Waals surface area contributed by atoms with E-state index in [1.165, 1.54) is 16.7 Å². The molecule has 0 radical (unpaired) electrons. The summed E-state index contributed by atoms with van der Waals surface area (Å²) in [5, 5.41) is 13.0. The second kappa shape index (κ2) is 4.92. The molecule has 2 atom stereocenters. The predicted octanol–water partition coefficient (Wildman–Crippen LogP) is 2.28. The van der Waals surface area contributed by atoms with E-state index in [0.29, 0.717) is 0 Å². The Morgan fingerprint density at radius 3 is 2.50 bits per heavy atom. The van der Waals surface area contributed by atoms with Crippen LogP contribution in [0.15, 0.2) is 54.6 Å². The summed E-state index contributed by atoms with van der Waals surface area (Å²) in [5.41, 5.74) is 3.92. The lowest BCUT2D eigenvalue weighted by molar-refractivity contribution is 0.224. The fourth-order valence-corrected chi connectivity index (χ4v) is 2.82. The Bertz CT molecular complexity index is 524. The van der Waals surface area contributed by atoms with E-state index in [1.807, 2.05) is 6.07 Å². The molecule has 0 amide bonds. The van der Waals surface area contributed by atoms with E-state index < -0.39 is 0 Å². The second-order valence-corrected chi connectivity index (χ2v) is 4.76. The Kier molecular flexibility index (Phi) is 3.13. The summed E-state index contributed by atoms with van der Waals surface area (Å²) in [6, 6.07) is 19.0. The van der Waals surface area contributed by atoms with Crippen molar-refractivity contribution in [3.63, 3.8) is 0 Å². The van der Waals surface area contributed by atoms with Crippen molar-refractivity contribution in [2.24, 2.45) is 0 Å². The van der Waals surface area contributed by atoms with Crippen molar-refractivity contribution >= 4 is 0 Å². The summed E-state index contributed by atoms with van der Waals surface area (Å²) in [4.78, 5) is 0. The Morgan fingerprint density at radius 2 is 1.72 bits per heavy atom. The number of aliphatic hydroxyl groups excluding tert-OH is 1. The molecule has 0 aromatic heterocycles. The van der Waals surface area contributed by atoms with Crippen LogP contribution in [-0.4, -0.2) is 17.8 Å². The third-order valence-corrected chi connectivity index (χ3v) is 3.70. The van der Waals surface area contributed by atoms with Gasteiger partial charge in [0.05, 0.1) is 6.61 Å². The minimum absolute atomic E-state index is 0.0994. The Hall–Kier alpha value is -1.64. The van der Waals surface area contributed by atoms with Gasteiger partial charge in [-0.1, -0.05) is 54.6 Å². The van der Waals surface area contributed by atoms with Gasteiger partial charge in [-0.05, 0) is 16.7 Å². The first-order valence-electron chi connectivity index (χ1n) is 6.37. The SMILES string of the molecule is OC[C@@H]1NCc2ccccc2[C@H]1c1ccccc1. The van der Waals surface area contributed by atoms with Crippen molar-refractivity contribution in [2.75, 3.05) is 6.61 Å². The van der Waals surface area contributed by atoms with Crippen molar-refractivity contribution in [1.82, 2.24) is 5.32 Å². The fraction of sp³-hybridized carbons (Fsp3) is 0.250. The number of fused-ring (bicyclic) bond motifs is 1. The molecule has 2 nitrogen and oxygen atoms in total. The maximum atomic E-state index is 9.59. The molecule has 2 N–H and O–H groups in total. The molecule has 0 unspecified atom stereocenters. The van der Waals surface area contributed by atoms with E-state index in [4.69, 9.17) is 0 Å². The van der Waals surface area contributed by atoms with Crippen molar-refractivity contribution < 1.29 is 5.11 Å². The zero-order valence-corrected chi connectivity index (χ0v) is 10.2. The molecule has 0 spiro atoms. The van der Waals surface area contributed by atoms with Gasteiger partial charge in [-0.15, -0.1) is 0 Å². The van der Waals surface area contributed by atoms with Gasteiger partial charge in [-0.25, -0.2) is 0 Å². The molecule has 0 fully saturated rings. The highest BCUT2D eigenvalue weighted by Gasteiger charge is 2.29. The number of aliphatic hydroxyl groups is 1. The van der Waals surface area contributed by atoms with E-state index in [9.17, 15) is 5.11 Å². The first-order chi connectivity index (χ1) is 8.90. The molecular formula is C16H17NO. The van der Waals surface area contributed by atoms with Crippen LogP contribution in [0.1, 0.15) is 22.6 Å². The fourth-order valence-electron chi connectivity index (χ4n) is 2.82. The minimum atomic E-state index is 0.0994. The lowest BCUT2D eigenvalue weighted by atomic mass is 9.80. The molecule has 2 aromatic carbocycles. The number of benzene rings is 2. The highest BCUT2D eigenvalue weighted by atomic mass is 16.3. The third kappa shape index (κ3) is 1.94. The second-order valence-electron chi connectivity index (χ2n) is 4.76. The van der Waals surface area contributed by atoms with Gasteiger partial charge in [0.25, 0.3) is 0 Å². The molecule has 0 aliphatic carbocycles. The average Bonchev–Trinajstić information content (AvgIpc) is 2.47. The summed E-state index contributed by atoms with van der Waals surface area (Å²) < 4.78 is 0. The first kappa shape index (κ1) is 11.5. The number of nitrogens with one attached hydrogen (secondary N) is 1. The molecule has 0 bridgehead atoms. The van der Waals surface area contributed by atoms with Crippen LogP contribution in [0.25, 0.3) is 0 Å². The highest BCUT2D eigenvalue weighted by Crippen LogP contribution is 2.33. The Balaban J connectivity index is 2.09. The van der Waals surface area contributed by atoms with Crippen LogP contribution in [0.2, 0.25) is 0 Å². The number of hydrogen-bond donors (Lipinski definition) is 2. The zero-order chi connectivity index (χ0) is 12.4. The van der Waals surface area contributed by atoms with E-state index in [2.05, 4.69) is 53.8 Å². The van der Waals surface area contributed by atoms with E-state index in [-0.39, 0.29) is 18.6 Å². The number of hydrogen-bond acceptors (Lipinski definition) is 2. The van der Waals surface area contributed by atoms with Gasteiger partial charge in [0.15, 0.2) is 0 Å². The van der Waals surface area contributed by atoms with Crippen molar-refractivity contribution in [2.45, 2.75) is 18.5 Å². The first-order valence-corrected chi connectivity index (χ1v) is 6.37. The smallest absolute Gasteiger partial charge is 0.0594 e. The maximum Gasteiger partial charge on any atom is 0.0594 e. The molecule has 1 aliphatic heterocycles. The molecule has 1 aliphatic rings. The molecule has 92 valence electrons. The molecule has 2 heteroatoms. The molecule has 18 heavy (non-hydrogen) atoms. The van der Waals surface area contributed by atoms with E-state index >= 15 is 0 Å². The van der Waals surface area contributed by atoms with Crippen LogP contribution in [0.4, 0.5) is 0 Å². The van der Waals surface area contributed by atoms with Gasteiger partial charge < -0.3 is 10.4 Å². The summed E-state index contributed by atoms with van der Waals surface area (Å²) in [6.07, 6.45) is 0. The third-order valence-electron chi connectivity index (χ3n) is 3.70. The zero-order valence-electron chi connectivity index (χ0n) is 10.2. The molecule has 2 aromatic rings. The van der Waals surface area contributed by atoms with Crippen LogP contribution in [-0.2, 0) is 6.54 Å². The highest BCUT2D eigenvalue weighted by molar-refractivity contribution is 5.41. The lowest BCUT2D eigenvalue weighted by Crippen LogP contribution is -2.42. The quantitative estimate of drug-likeness (QED) is 0.842. The minimum Gasteiger partial charge on any atom is -0.395 e. The summed E-state index contributed by atoms with van der Waals surface area (Å²) >= 11 is 0. The van der Waals surface area contributed by atoms with Gasteiger partial charge in [0.2, 0.25) is 0 Å². The summed E-state index contributed by atoms with van der Waals surface area (Å²) in [7, 11) is 0. The topological polar surface area (TPSA) is 32.3 Å². The maximum absolute atomic E-state index is 9.59. The number of rotatable bonds is 2. The standard InChI is InChI=1S/C16H17NO/c18-11-15-16(12-6-2-1-3-7-12)14-9-5-4-8-13(14)10-17-15/h1-9,15-18H,10-11H2/t15-,16+/m0/s1. The molecule has 0 saturated carbocycles. The lowest BCUT2D eigenvalue weighted by Gasteiger charge is -2.34. The van der Waals surface area contributed by atoms with Gasteiger partial charge in [0, 0.05) is 18.5 Å². The van der Waals surface area contributed by atoms with Gasteiger partial charge in [-0.2, -0.15) is 0 Å². The van der Waals surface area contributed by atoms with E-state index in [0.717, 1.165) is 6.54 Å². The molecular weight excluding hydrogens is 222 g/mol. The largest absolute Gasteiger partial charge is 0.395 e.